The van der Waals surface area contributed by atoms with Gasteiger partial charge in [0.1, 0.15) is 5.75 Å². The van der Waals surface area contributed by atoms with Crippen LogP contribution in [0.2, 0.25) is 0 Å². The van der Waals surface area contributed by atoms with Crippen LogP contribution in [0.1, 0.15) is 37.0 Å². The molecule has 1 atom stereocenters. The van der Waals surface area contributed by atoms with Crippen molar-refractivity contribution in [3.8, 4) is 5.75 Å². The molecule has 37 heavy (non-hydrogen) atoms. The summed E-state index contributed by atoms with van der Waals surface area (Å²) in [5, 5.41) is 4.25. The van der Waals surface area contributed by atoms with Crippen molar-refractivity contribution in [1.82, 2.24) is 0 Å². The van der Waals surface area contributed by atoms with Crippen molar-refractivity contribution in [1.29, 1.82) is 0 Å². The molecule has 0 saturated carbocycles. The first-order valence-corrected chi connectivity index (χ1v) is 12.4. The third-order valence-electron chi connectivity index (χ3n) is 6.40. The van der Waals surface area contributed by atoms with Gasteiger partial charge in [0.2, 0.25) is 0 Å². The molecule has 0 amide bonds. The van der Waals surface area contributed by atoms with Gasteiger partial charge in [-0.2, -0.15) is 0 Å². The van der Waals surface area contributed by atoms with E-state index in [-0.39, 0.29) is 24.8 Å². The standard InChI is InChI=1S/C31H28O6/c1-3-34-28(32)15-7-20-5-11-24-22(17-20)9-13-26-30(24)31-25-12-6-21(8-16-29(33)35-4-2)18-23(25)10-14-27(31)37-19-36-26/h5-13,15-18,27H,3-4,14,19H2,1-2H3/b15-7+,16-8+. The second kappa shape index (κ2) is 10.8. The molecule has 0 aromatic heterocycles. The Morgan fingerprint density at radius 1 is 0.919 bits per heavy atom. The van der Waals surface area contributed by atoms with Crippen molar-refractivity contribution in [3.63, 3.8) is 0 Å². The Balaban J connectivity index is 1.62. The van der Waals surface area contributed by atoms with E-state index in [1.807, 2.05) is 30.3 Å². The summed E-state index contributed by atoms with van der Waals surface area (Å²) in [4.78, 5) is 23.5. The van der Waals surface area contributed by atoms with Crippen LogP contribution in [0.25, 0.3) is 34.6 Å². The van der Waals surface area contributed by atoms with E-state index in [9.17, 15) is 9.59 Å². The Hall–Kier alpha value is -4.16. The number of carbonyl (C=O) groups excluding carboxylic acids is 2. The summed E-state index contributed by atoms with van der Waals surface area (Å²) in [5.74, 6) is 0.0591. The average molecular weight is 497 g/mol. The van der Waals surface area contributed by atoms with E-state index in [4.69, 9.17) is 18.9 Å². The van der Waals surface area contributed by atoms with Crippen LogP contribution in [0.3, 0.4) is 0 Å². The molecule has 188 valence electrons. The highest BCUT2D eigenvalue weighted by Gasteiger charge is 2.27. The first kappa shape index (κ1) is 24.5. The minimum atomic E-state index is -0.361. The van der Waals surface area contributed by atoms with Gasteiger partial charge >= 0.3 is 11.9 Å². The van der Waals surface area contributed by atoms with Crippen molar-refractivity contribution in [2.24, 2.45) is 0 Å². The fourth-order valence-electron chi connectivity index (χ4n) is 4.79. The molecule has 6 heteroatoms. The average Bonchev–Trinajstić information content (AvgIpc) is 3.10. The molecular formula is C31H28O6. The van der Waals surface area contributed by atoms with E-state index in [1.165, 1.54) is 12.2 Å². The number of ether oxygens (including phenoxy) is 4. The largest absolute Gasteiger partial charge is 0.467 e. The number of hydrogen-bond donors (Lipinski definition) is 0. The topological polar surface area (TPSA) is 71.1 Å². The van der Waals surface area contributed by atoms with Crippen LogP contribution in [0, 0.1) is 0 Å². The first-order chi connectivity index (χ1) is 18.1. The third kappa shape index (κ3) is 5.20. The molecule has 0 saturated heterocycles. The minimum absolute atomic E-state index is 0.135. The lowest BCUT2D eigenvalue weighted by atomic mass is 9.87. The summed E-state index contributed by atoms with van der Waals surface area (Å²) in [6.07, 6.45) is 9.16. The molecule has 0 bridgehead atoms. The number of esters is 2. The molecule has 5 rings (SSSR count). The zero-order valence-electron chi connectivity index (χ0n) is 20.9. The summed E-state index contributed by atoms with van der Waals surface area (Å²) in [6, 6.07) is 16.2. The van der Waals surface area contributed by atoms with Gasteiger partial charge in [0, 0.05) is 23.3 Å². The van der Waals surface area contributed by atoms with Crippen LogP contribution in [0.5, 0.6) is 5.75 Å². The second-order valence-corrected chi connectivity index (χ2v) is 8.71. The fourth-order valence-corrected chi connectivity index (χ4v) is 4.79. The summed E-state index contributed by atoms with van der Waals surface area (Å²) in [7, 11) is 0. The maximum Gasteiger partial charge on any atom is 0.330 e. The maximum atomic E-state index is 11.7. The van der Waals surface area contributed by atoms with Gasteiger partial charge in [-0.1, -0.05) is 36.4 Å². The van der Waals surface area contributed by atoms with Crippen LogP contribution in [0.15, 0.2) is 60.7 Å². The van der Waals surface area contributed by atoms with Crippen LogP contribution in [-0.4, -0.2) is 38.0 Å². The van der Waals surface area contributed by atoms with Crippen LogP contribution < -0.4 is 15.2 Å². The molecule has 0 fully saturated rings. The van der Waals surface area contributed by atoms with Crippen molar-refractivity contribution in [3.05, 3.63) is 87.8 Å². The monoisotopic (exact) mass is 496 g/mol. The normalized spacial score (nSPS) is 16.4. The third-order valence-corrected chi connectivity index (χ3v) is 6.40. The predicted molar refractivity (Wildman–Crippen MR) is 143 cm³/mol. The first-order valence-electron chi connectivity index (χ1n) is 12.4. The molecular weight excluding hydrogens is 468 g/mol. The van der Waals surface area contributed by atoms with Crippen LogP contribution in [-0.2, 0) is 23.8 Å². The van der Waals surface area contributed by atoms with Crippen molar-refractivity contribution >= 4 is 46.5 Å². The fraction of sp³-hybridized carbons (Fsp3) is 0.226. The van der Waals surface area contributed by atoms with Gasteiger partial charge in [0.25, 0.3) is 0 Å². The van der Waals surface area contributed by atoms with Crippen LogP contribution in [0.4, 0.5) is 0 Å². The summed E-state index contributed by atoms with van der Waals surface area (Å²) >= 11 is 0. The summed E-state index contributed by atoms with van der Waals surface area (Å²) in [6.45, 7) is 4.44. The summed E-state index contributed by atoms with van der Waals surface area (Å²) < 4.78 is 22.1. The number of carbonyl (C=O) groups is 2. The lowest BCUT2D eigenvalue weighted by Gasteiger charge is -2.21. The van der Waals surface area contributed by atoms with Gasteiger partial charge in [-0.05, 0) is 83.0 Å². The minimum Gasteiger partial charge on any atom is -0.467 e. The molecule has 2 aliphatic rings. The van der Waals surface area contributed by atoms with Crippen molar-refractivity contribution in [2.45, 2.75) is 26.4 Å². The van der Waals surface area contributed by atoms with Gasteiger partial charge in [-0.15, -0.1) is 0 Å². The molecule has 0 radical (unpaired) electrons. The van der Waals surface area contributed by atoms with Gasteiger partial charge < -0.3 is 18.9 Å². The van der Waals surface area contributed by atoms with Crippen molar-refractivity contribution in [2.75, 3.05) is 20.0 Å². The zero-order valence-corrected chi connectivity index (χ0v) is 20.9. The molecule has 1 aliphatic carbocycles. The Kier molecular flexibility index (Phi) is 7.19. The van der Waals surface area contributed by atoms with Gasteiger partial charge in [-0.25, -0.2) is 9.59 Å². The van der Waals surface area contributed by atoms with E-state index in [0.717, 1.165) is 49.2 Å². The van der Waals surface area contributed by atoms with Gasteiger partial charge in [-0.3, -0.25) is 0 Å². The highest BCUT2D eigenvalue weighted by atomic mass is 16.7. The molecule has 3 aromatic rings. The molecule has 0 N–H and O–H groups in total. The maximum absolute atomic E-state index is 11.7. The van der Waals surface area contributed by atoms with E-state index in [0.29, 0.717) is 19.6 Å². The van der Waals surface area contributed by atoms with Gasteiger partial charge in [0.15, 0.2) is 6.79 Å². The SMILES string of the molecule is CCOC(=O)/C=C/c1ccc2c(c1)=CCC1OCOc3ccc4cc(/C=C/C(=O)OCC)ccc4c3C=21. The van der Waals surface area contributed by atoms with E-state index in [2.05, 4.69) is 24.3 Å². The number of rotatable bonds is 6. The molecule has 3 aromatic carbocycles. The Morgan fingerprint density at radius 2 is 1.62 bits per heavy atom. The number of fused-ring (bicyclic) bond motifs is 6. The molecule has 1 unspecified atom stereocenters. The number of benzene rings is 3. The molecule has 1 heterocycles. The Bertz CT molecular complexity index is 1550. The zero-order chi connectivity index (χ0) is 25.8. The molecule has 6 nitrogen and oxygen atoms in total. The molecule has 0 spiro atoms. The van der Waals surface area contributed by atoms with Crippen LogP contribution >= 0.6 is 0 Å². The molecule has 1 aliphatic heterocycles. The lowest BCUT2D eigenvalue weighted by Crippen LogP contribution is -2.36. The quantitative estimate of drug-likeness (QED) is 0.378. The highest BCUT2D eigenvalue weighted by molar-refractivity contribution is 5.99. The Labute approximate surface area is 215 Å². The smallest absolute Gasteiger partial charge is 0.330 e. The van der Waals surface area contributed by atoms with Gasteiger partial charge in [0.05, 0.1) is 19.3 Å². The lowest BCUT2D eigenvalue weighted by molar-refractivity contribution is -0.138. The van der Waals surface area contributed by atoms with E-state index >= 15 is 0 Å². The van der Waals surface area contributed by atoms with Crippen molar-refractivity contribution < 1.29 is 28.5 Å². The second-order valence-electron chi connectivity index (χ2n) is 8.71. The highest BCUT2D eigenvalue weighted by Crippen LogP contribution is 2.38. The Morgan fingerprint density at radius 3 is 2.35 bits per heavy atom. The van der Waals surface area contributed by atoms with E-state index in [1.54, 1.807) is 26.0 Å². The summed E-state index contributed by atoms with van der Waals surface area (Å²) in [5.41, 5.74) is 3.93. The predicted octanol–water partition coefficient (Wildman–Crippen LogP) is 4.11. The van der Waals surface area contributed by atoms with E-state index < -0.39 is 0 Å². The number of hydrogen-bond acceptors (Lipinski definition) is 6.